The third-order valence-corrected chi connectivity index (χ3v) is 17.6. The first kappa shape index (κ1) is 86.2. The highest BCUT2D eigenvalue weighted by Gasteiger charge is 2.22. The number of aliphatic carboxylic acids is 1. The SMILES string of the molecule is CC/C=C\C/C=C\C/C=C\C/C=C\CCCCCCCCCCCCC(=O)OC(COC(=O)CCCCCCCCCCCCCCCCCCCCCCCCCCCCCCCCCCCCCCCCCCC)COC(OCC[N+](C)(C)C)C(=O)[O-]. The van der Waals surface area contributed by atoms with Gasteiger partial charge in [-0.1, -0.05) is 371 Å². The molecular weight excluding hydrogens is 1100 g/mol. The zero-order chi connectivity index (χ0) is 64.7. The van der Waals surface area contributed by atoms with Gasteiger partial charge in [-0.05, 0) is 51.4 Å². The minimum Gasteiger partial charge on any atom is -0.545 e. The molecule has 0 aliphatic carbocycles. The van der Waals surface area contributed by atoms with Gasteiger partial charge in [0.2, 0.25) is 0 Å². The highest BCUT2D eigenvalue weighted by molar-refractivity contribution is 5.70. The minimum absolute atomic E-state index is 0.147. The molecule has 0 bridgehead atoms. The maximum atomic E-state index is 12.9. The molecule has 2 unspecified atom stereocenters. The summed E-state index contributed by atoms with van der Waals surface area (Å²) >= 11 is 0. The summed E-state index contributed by atoms with van der Waals surface area (Å²) < 4.78 is 22.8. The Labute approximate surface area is 553 Å². The number of nitrogens with zero attached hydrogens (tertiary/aromatic N) is 1. The highest BCUT2D eigenvalue weighted by Crippen LogP contribution is 2.20. The molecule has 0 fully saturated rings. The summed E-state index contributed by atoms with van der Waals surface area (Å²) in [5.74, 6) is -2.27. The lowest BCUT2D eigenvalue weighted by Crippen LogP contribution is -2.44. The Balaban J connectivity index is 3.92. The van der Waals surface area contributed by atoms with Crippen LogP contribution in [0.5, 0.6) is 0 Å². The average molecular weight is 1250 g/mol. The van der Waals surface area contributed by atoms with Crippen LogP contribution in [0.2, 0.25) is 0 Å². The van der Waals surface area contributed by atoms with E-state index in [1.54, 1.807) is 0 Å². The Morgan fingerprint density at radius 2 is 0.640 bits per heavy atom. The number of likely N-dealkylation sites (N-methyl/N-ethyl adjacent to an activating group) is 1. The monoisotopic (exact) mass is 1250 g/mol. The summed E-state index contributed by atoms with van der Waals surface area (Å²) in [5, 5.41) is 11.8. The molecule has 522 valence electrons. The number of unbranched alkanes of at least 4 members (excludes halogenated alkanes) is 50. The zero-order valence-electron chi connectivity index (χ0n) is 59.8. The van der Waals surface area contributed by atoms with Gasteiger partial charge < -0.3 is 33.3 Å². The lowest BCUT2D eigenvalue weighted by atomic mass is 10.0. The fraction of sp³-hybridized carbons (Fsp3) is 0.863. The summed E-state index contributed by atoms with van der Waals surface area (Å²) in [5.41, 5.74) is 0. The topological polar surface area (TPSA) is 111 Å². The quantitative estimate of drug-likeness (QED) is 0.0195. The van der Waals surface area contributed by atoms with Crippen LogP contribution >= 0.6 is 0 Å². The van der Waals surface area contributed by atoms with Gasteiger partial charge in [-0.2, -0.15) is 0 Å². The van der Waals surface area contributed by atoms with Crippen molar-refractivity contribution in [3.8, 4) is 0 Å². The number of esters is 2. The van der Waals surface area contributed by atoms with Gasteiger partial charge in [0, 0.05) is 12.8 Å². The van der Waals surface area contributed by atoms with Gasteiger partial charge >= 0.3 is 11.9 Å². The normalized spacial score (nSPS) is 12.9. The van der Waals surface area contributed by atoms with Crippen LogP contribution in [0, 0.1) is 0 Å². The Morgan fingerprint density at radius 3 is 0.955 bits per heavy atom. The van der Waals surface area contributed by atoms with Gasteiger partial charge in [0.15, 0.2) is 12.4 Å². The van der Waals surface area contributed by atoms with Crippen molar-refractivity contribution in [3.05, 3.63) is 48.6 Å². The maximum absolute atomic E-state index is 12.9. The van der Waals surface area contributed by atoms with E-state index in [-0.39, 0.29) is 32.2 Å². The number of carbonyl (C=O) groups excluding carboxylic acids is 3. The van der Waals surface area contributed by atoms with Crippen molar-refractivity contribution in [1.82, 2.24) is 0 Å². The number of carbonyl (C=O) groups is 3. The van der Waals surface area contributed by atoms with E-state index in [0.29, 0.717) is 23.9 Å². The molecule has 9 heteroatoms. The second-order valence-corrected chi connectivity index (χ2v) is 27.6. The summed E-state index contributed by atoms with van der Waals surface area (Å²) in [7, 11) is 5.94. The molecule has 0 aromatic heterocycles. The van der Waals surface area contributed by atoms with Crippen molar-refractivity contribution in [3.63, 3.8) is 0 Å². The molecule has 0 heterocycles. The first-order chi connectivity index (χ1) is 43.6. The van der Waals surface area contributed by atoms with Crippen LogP contribution in [-0.2, 0) is 33.3 Å². The van der Waals surface area contributed by atoms with E-state index in [9.17, 15) is 19.5 Å². The van der Waals surface area contributed by atoms with Crippen LogP contribution in [0.1, 0.15) is 386 Å². The second-order valence-electron chi connectivity index (χ2n) is 27.6. The van der Waals surface area contributed by atoms with Gasteiger partial charge in [-0.15, -0.1) is 0 Å². The molecular formula is C80H149NO8. The molecule has 0 radical (unpaired) electrons. The zero-order valence-corrected chi connectivity index (χ0v) is 59.8. The molecule has 0 saturated carbocycles. The molecule has 89 heavy (non-hydrogen) atoms. The van der Waals surface area contributed by atoms with E-state index in [4.69, 9.17) is 18.9 Å². The molecule has 0 aliphatic heterocycles. The average Bonchev–Trinajstić information content (AvgIpc) is 3.64. The van der Waals surface area contributed by atoms with E-state index >= 15 is 0 Å². The van der Waals surface area contributed by atoms with Crippen LogP contribution in [0.3, 0.4) is 0 Å². The van der Waals surface area contributed by atoms with Gasteiger partial charge in [0.1, 0.15) is 13.2 Å². The first-order valence-electron chi connectivity index (χ1n) is 38.8. The summed E-state index contributed by atoms with van der Waals surface area (Å²) in [6.45, 7) is 4.69. The van der Waals surface area contributed by atoms with E-state index < -0.39 is 24.3 Å². The molecule has 0 aromatic rings. The predicted octanol–water partition coefficient (Wildman–Crippen LogP) is 23.1. The van der Waals surface area contributed by atoms with Crippen molar-refractivity contribution in [2.45, 2.75) is 399 Å². The number of carboxylic acids is 1. The van der Waals surface area contributed by atoms with E-state index in [1.165, 1.54) is 283 Å². The number of quaternary nitrogens is 1. The number of carboxylic acid groups (broad SMARTS) is 1. The standard InChI is InChI=1S/C80H149NO8/c1-6-8-10-12-14-16-18-20-22-24-26-28-30-31-32-33-34-35-36-37-38-39-40-41-42-43-44-45-46-47-49-50-52-54-56-58-60-62-64-66-68-70-77(82)87-74-76(75-88-80(79(84)85)86-73-72-81(3,4)5)89-78(83)71-69-67-65-63-61-59-57-55-53-51-48-29-27-25-23-21-19-17-15-13-11-9-7-2/h9,11,15,17,21,23,27,29,76,80H,6-8,10,12-14,16,18-20,22,24-26,28,30-75H2,1-5H3/b11-9-,17-15-,23-21-,29-27-. The second kappa shape index (κ2) is 71.1. The summed E-state index contributed by atoms with van der Waals surface area (Å²) in [6, 6.07) is 0. The number of hydrogen-bond acceptors (Lipinski definition) is 8. The van der Waals surface area contributed by atoms with Crippen molar-refractivity contribution < 1.29 is 42.9 Å². The minimum atomic E-state index is -1.62. The number of hydrogen-bond donors (Lipinski definition) is 0. The molecule has 0 N–H and O–H groups in total. The number of ether oxygens (including phenoxy) is 4. The van der Waals surface area contributed by atoms with Crippen LogP contribution in [0.4, 0.5) is 0 Å². The van der Waals surface area contributed by atoms with Crippen LogP contribution in [0.25, 0.3) is 0 Å². The molecule has 0 spiro atoms. The van der Waals surface area contributed by atoms with Crippen molar-refractivity contribution in [1.29, 1.82) is 0 Å². The number of allylic oxidation sites excluding steroid dienone is 8. The summed E-state index contributed by atoms with van der Waals surface area (Å²) in [4.78, 5) is 37.5. The van der Waals surface area contributed by atoms with Crippen molar-refractivity contribution >= 4 is 17.9 Å². The molecule has 0 rings (SSSR count). The first-order valence-corrected chi connectivity index (χ1v) is 38.8. The Kier molecular flexibility index (Phi) is 68.9. The highest BCUT2D eigenvalue weighted by atomic mass is 16.7. The van der Waals surface area contributed by atoms with Crippen LogP contribution < -0.4 is 5.11 Å². The molecule has 9 nitrogen and oxygen atoms in total. The Morgan fingerprint density at radius 1 is 0.348 bits per heavy atom. The van der Waals surface area contributed by atoms with E-state index in [2.05, 4.69) is 62.5 Å². The third kappa shape index (κ3) is 72.5. The van der Waals surface area contributed by atoms with Gasteiger partial charge in [-0.25, -0.2) is 0 Å². The fourth-order valence-corrected chi connectivity index (χ4v) is 11.7. The van der Waals surface area contributed by atoms with Gasteiger partial charge in [0.25, 0.3) is 0 Å². The molecule has 0 saturated heterocycles. The smallest absolute Gasteiger partial charge is 0.306 e. The largest absolute Gasteiger partial charge is 0.545 e. The summed E-state index contributed by atoms with van der Waals surface area (Å²) in [6.07, 6.45) is 89.6. The Bertz CT molecular complexity index is 1600. The maximum Gasteiger partial charge on any atom is 0.306 e. The molecule has 0 aliphatic rings. The van der Waals surface area contributed by atoms with Gasteiger partial charge in [0.05, 0.1) is 40.3 Å². The molecule has 0 amide bonds. The van der Waals surface area contributed by atoms with Gasteiger partial charge in [-0.3, -0.25) is 9.59 Å². The molecule has 2 atom stereocenters. The molecule has 0 aromatic carbocycles. The van der Waals surface area contributed by atoms with Crippen LogP contribution in [0.15, 0.2) is 48.6 Å². The number of rotatable bonds is 73. The fourth-order valence-electron chi connectivity index (χ4n) is 11.7. The third-order valence-electron chi connectivity index (χ3n) is 17.6. The lowest BCUT2D eigenvalue weighted by molar-refractivity contribution is -0.870. The van der Waals surface area contributed by atoms with E-state index in [1.807, 2.05) is 21.1 Å². The lowest BCUT2D eigenvalue weighted by Gasteiger charge is -2.26. The van der Waals surface area contributed by atoms with Crippen molar-refractivity contribution in [2.24, 2.45) is 0 Å². The Hall–Kier alpha value is -2.75. The van der Waals surface area contributed by atoms with Crippen LogP contribution in [-0.4, -0.2) is 82.3 Å². The van der Waals surface area contributed by atoms with E-state index in [0.717, 1.165) is 70.6 Å². The van der Waals surface area contributed by atoms with Crippen molar-refractivity contribution in [2.75, 3.05) is 47.5 Å². The predicted molar refractivity (Wildman–Crippen MR) is 380 cm³/mol.